The third kappa shape index (κ3) is 3.12. The van der Waals surface area contributed by atoms with E-state index in [0.717, 1.165) is 26.2 Å². The number of nitrogens with zero attached hydrogens (tertiary/aromatic N) is 1. The fourth-order valence-electron chi connectivity index (χ4n) is 3.09. The van der Waals surface area contributed by atoms with Gasteiger partial charge in [0.05, 0.1) is 0 Å². The van der Waals surface area contributed by atoms with Gasteiger partial charge in [-0.05, 0) is 25.5 Å². The molecule has 5 heteroatoms. The topological polar surface area (TPSA) is 31.1 Å². The highest BCUT2D eigenvalue weighted by Crippen LogP contribution is 2.31. The van der Waals surface area contributed by atoms with Crippen molar-refractivity contribution in [1.82, 2.24) is 15.2 Å². The highest BCUT2D eigenvalue weighted by Gasteiger charge is 2.22. The van der Waals surface area contributed by atoms with E-state index in [4.69, 9.17) is 0 Å². The van der Waals surface area contributed by atoms with Crippen molar-refractivity contribution in [3.05, 3.63) is 35.5 Å². The van der Waals surface area contributed by atoms with Gasteiger partial charge in [0.15, 0.2) is 0 Å². The van der Waals surface area contributed by atoms with Crippen LogP contribution in [0.4, 0.5) is 0 Å². The summed E-state index contributed by atoms with van der Waals surface area (Å²) in [5.41, 5.74) is 4.03. The summed E-state index contributed by atoms with van der Waals surface area (Å²) in [4.78, 5) is 6.07. The Morgan fingerprint density at radius 1 is 1.10 bits per heavy atom. The minimum Gasteiger partial charge on any atom is -0.358 e. The van der Waals surface area contributed by atoms with Crippen molar-refractivity contribution in [2.75, 3.05) is 26.2 Å². The molecule has 2 aromatic rings. The lowest BCUT2D eigenvalue weighted by molar-refractivity contribution is 0.186. The Balaban J connectivity index is 0.000001000. The van der Waals surface area contributed by atoms with Gasteiger partial charge in [-0.15, -0.1) is 24.8 Å². The molecular formula is C15H23Cl2N3. The Morgan fingerprint density at radius 2 is 1.75 bits per heavy atom. The number of aromatic nitrogens is 1. The molecule has 1 aromatic carbocycles. The molecule has 3 nitrogen and oxygen atoms in total. The first-order valence-electron chi connectivity index (χ1n) is 6.79. The lowest BCUT2D eigenvalue weighted by atomic mass is 10.0. The van der Waals surface area contributed by atoms with Crippen LogP contribution in [0.2, 0.25) is 0 Å². The molecule has 3 rings (SSSR count). The Morgan fingerprint density at radius 3 is 2.45 bits per heavy atom. The van der Waals surface area contributed by atoms with Crippen LogP contribution in [0.5, 0.6) is 0 Å². The highest BCUT2D eigenvalue weighted by atomic mass is 35.5. The average Bonchev–Trinajstić information content (AvgIpc) is 2.75. The van der Waals surface area contributed by atoms with Crippen molar-refractivity contribution in [1.29, 1.82) is 0 Å². The van der Waals surface area contributed by atoms with E-state index in [-0.39, 0.29) is 24.8 Å². The van der Waals surface area contributed by atoms with Gasteiger partial charge in [-0.2, -0.15) is 0 Å². The molecule has 0 spiro atoms. The largest absolute Gasteiger partial charge is 0.358 e. The van der Waals surface area contributed by atoms with Crippen molar-refractivity contribution in [2.24, 2.45) is 0 Å². The number of aryl methyl sites for hydroxylation is 1. The van der Waals surface area contributed by atoms with E-state index in [0.29, 0.717) is 6.04 Å². The van der Waals surface area contributed by atoms with Gasteiger partial charge in [0, 0.05) is 48.8 Å². The van der Waals surface area contributed by atoms with E-state index in [2.05, 4.69) is 53.3 Å². The summed E-state index contributed by atoms with van der Waals surface area (Å²) in [6.45, 7) is 9.00. The number of benzene rings is 1. The third-order valence-electron chi connectivity index (χ3n) is 4.06. The SMILES string of the molecule is Cc1[nH]c2ccccc2c1[C@H](C)N1CCNCC1.Cl.Cl. The fraction of sp³-hybridized carbons (Fsp3) is 0.467. The standard InChI is InChI=1S/C15H21N3.2ClH/c1-11-15(12(2)18-9-7-16-8-10-18)13-5-3-4-6-14(13)17-11;;/h3-6,12,16-17H,7-10H2,1-2H3;2*1H/t12-;;/m0../s1. The highest BCUT2D eigenvalue weighted by molar-refractivity contribution is 5.86. The fourth-order valence-corrected chi connectivity index (χ4v) is 3.09. The molecule has 0 radical (unpaired) electrons. The number of rotatable bonds is 2. The molecule has 0 amide bonds. The predicted octanol–water partition coefficient (Wildman–Crippen LogP) is 3.29. The van der Waals surface area contributed by atoms with Crippen LogP contribution in [0.1, 0.15) is 24.2 Å². The van der Waals surface area contributed by atoms with Crippen molar-refractivity contribution in [3.8, 4) is 0 Å². The van der Waals surface area contributed by atoms with E-state index in [1.807, 2.05) is 0 Å². The first-order valence-corrected chi connectivity index (χ1v) is 6.79. The number of piperazine rings is 1. The van der Waals surface area contributed by atoms with Gasteiger partial charge in [0.25, 0.3) is 0 Å². The number of aromatic amines is 1. The molecule has 112 valence electrons. The van der Waals surface area contributed by atoms with Crippen molar-refractivity contribution >= 4 is 35.7 Å². The van der Waals surface area contributed by atoms with Gasteiger partial charge < -0.3 is 10.3 Å². The maximum Gasteiger partial charge on any atom is 0.0459 e. The Hall–Kier alpha value is -0.740. The van der Waals surface area contributed by atoms with Gasteiger partial charge in [0.1, 0.15) is 0 Å². The zero-order valence-electron chi connectivity index (χ0n) is 12.0. The lowest BCUT2D eigenvalue weighted by Gasteiger charge is -2.33. The number of hydrogen-bond donors (Lipinski definition) is 2. The smallest absolute Gasteiger partial charge is 0.0459 e. The monoisotopic (exact) mass is 315 g/mol. The number of fused-ring (bicyclic) bond motifs is 1. The summed E-state index contributed by atoms with van der Waals surface area (Å²) >= 11 is 0. The number of nitrogens with one attached hydrogen (secondary N) is 2. The second-order valence-corrected chi connectivity index (χ2v) is 5.17. The van der Waals surface area contributed by atoms with Crippen LogP contribution in [0.3, 0.4) is 0 Å². The maximum atomic E-state index is 3.50. The molecule has 1 aliphatic rings. The predicted molar refractivity (Wildman–Crippen MR) is 90.4 cm³/mol. The number of para-hydroxylation sites is 1. The van der Waals surface area contributed by atoms with Crippen LogP contribution in [0.25, 0.3) is 10.9 Å². The van der Waals surface area contributed by atoms with Crippen molar-refractivity contribution in [3.63, 3.8) is 0 Å². The summed E-state index contributed by atoms with van der Waals surface area (Å²) in [5, 5.41) is 4.79. The van der Waals surface area contributed by atoms with E-state index in [1.165, 1.54) is 22.2 Å². The van der Waals surface area contributed by atoms with Crippen LogP contribution in [-0.4, -0.2) is 36.1 Å². The summed E-state index contributed by atoms with van der Waals surface area (Å²) in [5.74, 6) is 0. The summed E-state index contributed by atoms with van der Waals surface area (Å²) in [7, 11) is 0. The summed E-state index contributed by atoms with van der Waals surface area (Å²) in [6, 6.07) is 9.10. The van der Waals surface area contributed by atoms with E-state index in [9.17, 15) is 0 Å². The molecule has 20 heavy (non-hydrogen) atoms. The zero-order valence-corrected chi connectivity index (χ0v) is 13.6. The molecule has 0 bridgehead atoms. The molecule has 1 atom stereocenters. The van der Waals surface area contributed by atoms with Crippen molar-refractivity contribution < 1.29 is 0 Å². The first kappa shape index (κ1) is 17.3. The molecular weight excluding hydrogens is 293 g/mol. The molecule has 1 saturated heterocycles. The second-order valence-electron chi connectivity index (χ2n) is 5.17. The number of H-pyrrole nitrogens is 1. The van der Waals surface area contributed by atoms with Crippen molar-refractivity contribution in [2.45, 2.75) is 19.9 Å². The van der Waals surface area contributed by atoms with Crippen LogP contribution >= 0.6 is 24.8 Å². The average molecular weight is 316 g/mol. The van der Waals surface area contributed by atoms with Gasteiger partial charge in [0.2, 0.25) is 0 Å². The second kappa shape index (κ2) is 7.32. The maximum absolute atomic E-state index is 3.50. The molecule has 0 unspecified atom stereocenters. The normalized spacial score (nSPS) is 17.3. The molecule has 1 aromatic heterocycles. The minimum absolute atomic E-state index is 0. The third-order valence-corrected chi connectivity index (χ3v) is 4.06. The molecule has 0 saturated carbocycles. The van der Waals surface area contributed by atoms with Crippen LogP contribution in [-0.2, 0) is 0 Å². The van der Waals surface area contributed by atoms with E-state index >= 15 is 0 Å². The Labute approximate surface area is 132 Å². The van der Waals surface area contributed by atoms with E-state index in [1.54, 1.807) is 0 Å². The van der Waals surface area contributed by atoms with Gasteiger partial charge in [-0.3, -0.25) is 4.90 Å². The van der Waals surface area contributed by atoms with E-state index < -0.39 is 0 Å². The van der Waals surface area contributed by atoms with Crippen LogP contribution in [0.15, 0.2) is 24.3 Å². The molecule has 0 aliphatic carbocycles. The minimum atomic E-state index is 0. The summed E-state index contributed by atoms with van der Waals surface area (Å²) in [6.07, 6.45) is 0. The quantitative estimate of drug-likeness (QED) is 0.891. The Bertz CT molecular complexity index is 547. The van der Waals surface area contributed by atoms with Crippen LogP contribution < -0.4 is 5.32 Å². The number of halogens is 2. The lowest BCUT2D eigenvalue weighted by Crippen LogP contribution is -2.44. The van der Waals surface area contributed by atoms with Gasteiger partial charge >= 0.3 is 0 Å². The van der Waals surface area contributed by atoms with Gasteiger partial charge in [-0.25, -0.2) is 0 Å². The summed E-state index contributed by atoms with van der Waals surface area (Å²) < 4.78 is 0. The zero-order chi connectivity index (χ0) is 12.5. The first-order chi connectivity index (χ1) is 8.77. The molecule has 2 N–H and O–H groups in total. The molecule has 1 aliphatic heterocycles. The molecule has 2 heterocycles. The van der Waals surface area contributed by atoms with Gasteiger partial charge in [-0.1, -0.05) is 18.2 Å². The number of hydrogen-bond acceptors (Lipinski definition) is 2. The van der Waals surface area contributed by atoms with Crippen LogP contribution in [0, 0.1) is 6.92 Å². The Kier molecular flexibility index (Phi) is 6.34. The molecule has 1 fully saturated rings.